The van der Waals surface area contributed by atoms with Crippen molar-refractivity contribution in [3.05, 3.63) is 0 Å². The van der Waals surface area contributed by atoms with Crippen LogP contribution < -0.4 is 0 Å². The van der Waals surface area contributed by atoms with Crippen LogP contribution in [-0.4, -0.2) is 23.2 Å². The van der Waals surface area contributed by atoms with Crippen LogP contribution in [0.25, 0.3) is 0 Å². The Bertz CT molecular complexity index is 96.7. The molecule has 0 aliphatic heterocycles. The third-order valence-corrected chi connectivity index (χ3v) is 0.250. The van der Waals surface area contributed by atoms with Crippen molar-refractivity contribution in [2.75, 3.05) is 0 Å². The second kappa shape index (κ2) is 50.7. The van der Waals surface area contributed by atoms with Crippen LogP contribution in [0.3, 0.4) is 0 Å². The molecule has 0 saturated heterocycles. The van der Waals surface area contributed by atoms with Crippen LogP contribution in [0.1, 0.15) is 13.8 Å². The van der Waals surface area contributed by atoms with Crippen molar-refractivity contribution in [2.45, 2.75) is 13.8 Å². The normalized spacial score (nSPS) is 3.80. The van der Waals surface area contributed by atoms with Crippen LogP contribution in [0.15, 0.2) is 0 Å². The van der Waals surface area contributed by atoms with Gasteiger partial charge in [-0.25, -0.2) is 0 Å². The highest BCUT2D eigenvalue weighted by Crippen LogP contribution is 1.39. The molecule has 0 aliphatic rings. The summed E-state index contributed by atoms with van der Waals surface area (Å²) in [5.41, 5.74) is 0. The van der Waals surface area contributed by atoms with Crippen LogP contribution in [-0.2, 0) is 9.59 Å². The molecule has 4 nitrogen and oxygen atoms in total. The maximum absolute atomic E-state index is 8.36. The highest BCUT2D eigenvalue weighted by Gasteiger charge is 1.26. The minimum Gasteiger partial charge on any atom is -0.483 e. The number of rotatable bonds is 0. The zero-order valence-corrected chi connectivity index (χ0v) is 5.87. The highest BCUT2D eigenvalue weighted by molar-refractivity contribution is 5.32. The van der Waals surface area contributed by atoms with E-state index in [0.717, 1.165) is 0 Å². The van der Waals surface area contributed by atoms with Crippen LogP contribution in [0.4, 0.5) is 0 Å². The van der Waals surface area contributed by atoms with Crippen molar-refractivity contribution in [2.24, 2.45) is 0 Å². The molecule has 0 aromatic heterocycles. The van der Waals surface area contributed by atoms with E-state index in [1.165, 1.54) is 0 Å². The molecule has 0 radical (unpaired) electrons. The predicted octanol–water partition coefficient (Wildman–Crippen LogP) is 0.431. The van der Waals surface area contributed by atoms with Crippen molar-refractivity contribution in [3.63, 3.8) is 0 Å². The molecule has 58 valence electrons. The molecule has 0 heterocycles. The number of hydrogen-bond donors (Lipinski definition) is 2. The molecule has 0 aliphatic carbocycles. The van der Waals surface area contributed by atoms with Crippen molar-refractivity contribution >= 4 is 12.9 Å². The van der Waals surface area contributed by atoms with E-state index in [-0.39, 0.29) is 12.9 Å². The molecule has 0 atom stereocenters. The van der Waals surface area contributed by atoms with E-state index in [2.05, 4.69) is 11.8 Å². The maximum Gasteiger partial charge on any atom is 0.290 e. The van der Waals surface area contributed by atoms with Gasteiger partial charge in [0.1, 0.15) is 0 Å². The molecule has 0 aromatic carbocycles. The Kier molecular flexibility index (Phi) is 80.1. The van der Waals surface area contributed by atoms with Crippen molar-refractivity contribution < 1.29 is 19.8 Å². The largest absolute Gasteiger partial charge is 0.483 e. The average molecular weight is 146 g/mol. The summed E-state index contributed by atoms with van der Waals surface area (Å²) in [5.74, 6) is 5.36. The Morgan fingerprint density at radius 1 is 1.00 bits per heavy atom. The Balaban J connectivity index is -0.0000000750. The highest BCUT2D eigenvalue weighted by atomic mass is 16.3. The minimum atomic E-state index is -0.250. The van der Waals surface area contributed by atoms with E-state index in [0.29, 0.717) is 0 Å². The smallest absolute Gasteiger partial charge is 0.290 e. The molecule has 0 bridgehead atoms. The summed E-state index contributed by atoms with van der Waals surface area (Å²) >= 11 is 0. The van der Waals surface area contributed by atoms with Gasteiger partial charge >= 0.3 is 0 Å². The first-order valence-corrected chi connectivity index (χ1v) is 2.24. The number of hydrogen-bond acceptors (Lipinski definition) is 2. The van der Waals surface area contributed by atoms with Crippen LogP contribution in [0.5, 0.6) is 0 Å². The number of carboxylic acid groups (broad SMARTS) is 2. The summed E-state index contributed by atoms with van der Waals surface area (Å²) in [6.45, 7) is 3.14. The zero-order chi connectivity index (χ0) is 8.83. The molecule has 10 heavy (non-hydrogen) atoms. The van der Waals surface area contributed by atoms with Gasteiger partial charge in [-0.15, -0.1) is 11.8 Å². The van der Waals surface area contributed by atoms with E-state index in [1.54, 1.807) is 0 Å². The lowest BCUT2D eigenvalue weighted by Gasteiger charge is -1.40. The van der Waals surface area contributed by atoms with E-state index in [1.807, 2.05) is 13.8 Å². The van der Waals surface area contributed by atoms with Gasteiger partial charge in [0, 0.05) is 0 Å². The molecule has 0 aromatic rings. The van der Waals surface area contributed by atoms with E-state index < -0.39 is 0 Å². The van der Waals surface area contributed by atoms with Gasteiger partial charge in [0.25, 0.3) is 12.9 Å². The fourth-order valence-electron chi connectivity index (χ4n) is 0. The van der Waals surface area contributed by atoms with Gasteiger partial charge in [-0.05, 0) is 13.8 Å². The van der Waals surface area contributed by atoms with E-state index in [9.17, 15) is 0 Å². The van der Waals surface area contributed by atoms with Crippen LogP contribution in [0.2, 0.25) is 0 Å². The lowest BCUT2D eigenvalue weighted by Crippen LogP contribution is -1.49. The zero-order valence-electron chi connectivity index (χ0n) is 5.87. The molecule has 4 heteroatoms. The summed E-state index contributed by atoms with van der Waals surface area (Å²) in [4.78, 5) is 16.7. The predicted molar refractivity (Wildman–Crippen MR) is 36.5 cm³/mol. The molecular weight excluding hydrogens is 136 g/mol. The minimum absolute atomic E-state index is 0.250. The Hall–Kier alpha value is -1.50. The first kappa shape index (κ1) is 15.8. The first-order chi connectivity index (χ1) is 4.74. The topological polar surface area (TPSA) is 74.6 Å². The van der Waals surface area contributed by atoms with Gasteiger partial charge in [0.15, 0.2) is 0 Å². The molecule has 0 fully saturated rings. The molecule has 0 saturated carbocycles. The summed E-state index contributed by atoms with van der Waals surface area (Å²) in [6.07, 6.45) is 0. The van der Waals surface area contributed by atoms with Crippen LogP contribution in [0, 0.1) is 11.8 Å². The average Bonchev–Trinajstić information content (AvgIpc) is 1.91. The van der Waals surface area contributed by atoms with Gasteiger partial charge < -0.3 is 10.2 Å². The van der Waals surface area contributed by atoms with Gasteiger partial charge in [-0.2, -0.15) is 0 Å². The second-order valence-electron chi connectivity index (χ2n) is 0.711. The van der Waals surface area contributed by atoms with E-state index in [4.69, 9.17) is 19.8 Å². The molecule has 0 unspecified atom stereocenters. The van der Waals surface area contributed by atoms with Crippen molar-refractivity contribution in [1.29, 1.82) is 0 Å². The van der Waals surface area contributed by atoms with Gasteiger partial charge in [0.05, 0.1) is 0 Å². The number of carbonyl (C=O) groups is 2. The lowest BCUT2D eigenvalue weighted by atomic mass is 10.7. The fraction of sp³-hybridized carbons (Fsp3) is 0.333. The molecule has 0 rings (SSSR count). The standard InChI is InChI=1S/C4H6.2CH2O2/c1-3-4-2;2*2-1-3/h1-2H3;2*1H,(H,2,3). The fourth-order valence-corrected chi connectivity index (χ4v) is 0. The second-order valence-corrected chi connectivity index (χ2v) is 0.711. The molecule has 0 spiro atoms. The van der Waals surface area contributed by atoms with Gasteiger partial charge in [-0.1, -0.05) is 0 Å². The Morgan fingerprint density at radius 3 is 1.10 bits per heavy atom. The summed E-state index contributed by atoms with van der Waals surface area (Å²) in [6, 6.07) is 0. The molecule has 0 amide bonds. The molecular formula is C6H10O4. The quantitative estimate of drug-likeness (QED) is 0.384. The van der Waals surface area contributed by atoms with Crippen molar-refractivity contribution in [1.82, 2.24) is 0 Å². The van der Waals surface area contributed by atoms with Crippen LogP contribution >= 0.6 is 0 Å². The van der Waals surface area contributed by atoms with Gasteiger partial charge in [0.2, 0.25) is 0 Å². The summed E-state index contributed by atoms with van der Waals surface area (Å²) in [5, 5.41) is 13.8. The Morgan fingerprint density at radius 2 is 1.10 bits per heavy atom. The summed E-state index contributed by atoms with van der Waals surface area (Å²) in [7, 11) is 0. The lowest BCUT2D eigenvalue weighted by molar-refractivity contribution is -0.123. The monoisotopic (exact) mass is 146 g/mol. The van der Waals surface area contributed by atoms with Gasteiger partial charge in [-0.3, -0.25) is 9.59 Å². The third kappa shape index (κ3) is 787. The first-order valence-electron chi connectivity index (χ1n) is 2.24. The maximum atomic E-state index is 8.36. The SMILES string of the molecule is CC#CC.O=CO.O=CO. The Labute approximate surface area is 59.5 Å². The third-order valence-electron chi connectivity index (χ3n) is 0.250. The molecule has 2 N–H and O–H groups in total. The van der Waals surface area contributed by atoms with Crippen molar-refractivity contribution in [3.8, 4) is 11.8 Å². The van der Waals surface area contributed by atoms with E-state index >= 15 is 0 Å². The summed E-state index contributed by atoms with van der Waals surface area (Å²) < 4.78 is 0.